The smallest absolute Gasteiger partial charge is 0.241 e. The predicted molar refractivity (Wildman–Crippen MR) is 23.9 cm³/mol. The monoisotopic (exact) mass is 188 g/mol. The molecule has 0 aliphatic rings. The summed E-state index contributed by atoms with van der Waals surface area (Å²) in [5, 5.41) is 0. The summed E-state index contributed by atoms with van der Waals surface area (Å²) in [4.78, 5) is 0. The van der Waals surface area contributed by atoms with E-state index in [1.165, 1.54) is 0 Å². The standard InChI is InChI=1S/C2H2F4.CHClF2/c3-1-2(4,5)6;2-1(3)4/h1H2;1H. The maximum absolute atomic E-state index is 10.4. The van der Waals surface area contributed by atoms with Gasteiger partial charge in [0.2, 0.25) is 0 Å². The molecule has 10 heavy (non-hydrogen) atoms. The van der Waals surface area contributed by atoms with E-state index in [0.717, 1.165) is 0 Å². The summed E-state index contributed by atoms with van der Waals surface area (Å²) in [5.74, 6) is -2.69. The molecule has 0 aliphatic heterocycles. The Morgan fingerprint density at radius 2 is 1.30 bits per heavy atom. The fourth-order valence-corrected chi connectivity index (χ4v) is 0. The second-order valence-corrected chi connectivity index (χ2v) is 1.33. The first-order chi connectivity index (χ1) is 4.29. The first-order valence-electron chi connectivity index (χ1n) is 1.84. The van der Waals surface area contributed by atoms with Gasteiger partial charge in [-0.05, 0) is 0 Å². The van der Waals surface area contributed by atoms with Crippen LogP contribution in [0.1, 0.15) is 0 Å². The van der Waals surface area contributed by atoms with Crippen molar-refractivity contribution in [2.24, 2.45) is 0 Å². The van der Waals surface area contributed by atoms with Crippen molar-refractivity contribution in [3.8, 4) is 0 Å². The summed E-state index contributed by atoms with van der Waals surface area (Å²) in [5.41, 5.74) is 0. The lowest BCUT2D eigenvalue weighted by atomic mass is 10.8. The van der Waals surface area contributed by atoms with Crippen LogP contribution in [0.4, 0.5) is 26.3 Å². The molecular weight excluding hydrogens is 185 g/mol. The Morgan fingerprint density at radius 1 is 1.20 bits per heavy atom. The fraction of sp³-hybridized carbons (Fsp3) is 1.00. The highest BCUT2D eigenvalue weighted by molar-refractivity contribution is 6.18. The second-order valence-electron chi connectivity index (χ2n) is 0.996. The van der Waals surface area contributed by atoms with Crippen LogP contribution in [-0.2, 0) is 0 Å². The highest BCUT2D eigenvalue weighted by atomic mass is 35.5. The van der Waals surface area contributed by atoms with Crippen molar-refractivity contribution >= 4 is 11.6 Å². The molecule has 0 heterocycles. The van der Waals surface area contributed by atoms with Crippen LogP contribution in [0, 0.1) is 0 Å². The molecule has 0 aromatic carbocycles. The third-order valence-corrected chi connectivity index (χ3v) is 0.152. The third kappa shape index (κ3) is 45.1. The lowest BCUT2D eigenvalue weighted by molar-refractivity contribution is -0.142. The quantitative estimate of drug-likeness (QED) is 0.405. The molecule has 0 fully saturated rings. The molecule has 7 heteroatoms. The van der Waals surface area contributed by atoms with Gasteiger partial charge in [-0.25, -0.2) is 4.39 Å². The van der Waals surface area contributed by atoms with Crippen LogP contribution < -0.4 is 0 Å². The minimum Gasteiger partial charge on any atom is -0.241 e. The Bertz CT molecular complexity index is 65.1. The van der Waals surface area contributed by atoms with Gasteiger partial charge in [-0.3, -0.25) is 0 Å². The zero-order valence-electron chi connectivity index (χ0n) is 4.43. The molecule has 0 aliphatic carbocycles. The Kier molecular flexibility index (Phi) is 7.07. The average Bonchev–Trinajstić information content (AvgIpc) is 1.63. The van der Waals surface area contributed by atoms with Gasteiger partial charge in [-0.2, -0.15) is 22.0 Å². The van der Waals surface area contributed by atoms with Crippen LogP contribution in [0.5, 0.6) is 0 Å². The van der Waals surface area contributed by atoms with Crippen molar-refractivity contribution in [3.63, 3.8) is 0 Å². The van der Waals surface area contributed by atoms with Crippen molar-refractivity contribution in [2.45, 2.75) is 12.1 Å². The zero-order valence-corrected chi connectivity index (χ0v) is 5.19. The Labute approximate surface area is 57.8 Å². The third-order valence-electron chi connectivity index (χ3n) is 0.152. The van der Waals surface area contributed by atoms with Crippen LogP contribution in [0.3, 0.4) is 0 Å². The Morgan fingerprint density at radius 3 is 1.30 bits per heavy atom. The van der Waals surface area contributed by atoms with Crippen LogP contribution in [0.2, 0.25) is 0 Å². The van der Waals surface area contributed by atoms with E-state index in [2.05, 4.69) is 11.6 Å². The topological polar surface area (TPSA) is 0 Å². The van der Waals surface area contributed by atoms with Crippen molar-refractivity contribution < 1.29 is 26.3 Å². The normalized spacial score (nSPS) is 10.8. The molecule has 0 rings (SSSR count). The first kappa shape index (κ1) is 12.5. The van der Waals surface area contributed by atoms with E-state index in [9.17, 15) is 26.3 Å². The summed E-state index contributed by atoms with van der Waals surface area (Å²) in [6.07, 6.45) is -4.62. The lowest BCUT2D eigenvalue weighted by Crippen LogP contribution is -2.08. The molecule has 0 radical (unpaired) electrons. The van der Waals surface area contributed by atoms with Gasteiger partial charge in [-0.1, -0.05) is 11.6 Å². The molecule has 0 saturated heterocycles. The van der Waals surface area contributed by atoms with Gasteiger partial charge >= 0.3 is 12.1 Å². The van der Waals surface area contributed by atoms with Crippen molar-refractivity contribution in [2.75, 3.05) is 6.67 Å². The van der Waals surface area contributed by atoms with Gasteiger partial charge in [0, 0.05) is 0 Å². The van der Waals surface area contributed by atoms with Crippen LogP contribution in [0.15, 0.2) is 0 Å². The summed E-state index contributed by atoms with van der Waals surface area (Å²) in [7, 11) is 0. The van der Waals surface area contributed by atoms with E-state index in [-0.39, 0.29) is 0 Å². The van der Waals surface area contributed by atoms with Gasteiger partial charge in [0.25, 0.3) is 0 Å². The van der Waals surface area contributed by atoms with Gasteiger partial charge < -0.3 is 0 Å². The van der Waals surface area contributed by atoms with Crippen LogP contribution in [-0.4, -0.2) is 18.7 Å². The number of rotatable bonds is 0. The van der Waals surface area contributed by atoms with E-state index < -0.39 is 18.7 Å². The molecule has 0 aromatic rings. The summed E-state index contributed by atoms with van der Waals surface area (Å²) < 4.78 is 61.8. The molecule has 0 N–H and O–H groups in total. The molecule has 0 spiro atoms. The lowest BCUT2D eigenvalue weighted by Gasteiger charge is -1.93. The number of hydrogen-bond donors (Lipinski definition) is 0. The van der Waals surface area contributed by atoms with Gasteiger partial charge in [0.05, 0.1) is 0 Å². The average molecular weight is 188 g/mol. The molecular formula is C3H3ClF6. The highest BCUT2D eigenvalue weighted by Gasteiger charge is 2.26. The zero-order chi connectivity index (χ0) is 8.78. The Hall–Kier alpha value is -0.130. The van der Waals surface area contributed by atoms with Crippen LogP contribution >= 0.6 is 11.6 Å². The molecule has 0 nitrogen and oxygen atoms in total. The van der Waals surface area contributed by atoms with E-state index in [1.807, 2.05) is 0 Å². The maximum Gasteiger partial charge on any atom is 0.416 e. The van der Waals surface area contributed by atoms with E-state index in [4.69, 9.17) is 0 Å². The number of halogens is 7. The molecule has 64 valence electrons. The van der Waals surface area contributed by atoms with E-state index in [1.54, 1.807) is 0 Å². The second kappa shape index (κ2) is 5.64. The SMILES string of the molecule is FC(F)Cl.FCC(F)(F)F. The minimum atomic E-state index is -4.62. The minimum absolute atomic E-state index is 2.23. The van der Waals surface area contributed by atoms with Crippen molar-refractivity contribution in [3.05, 3.63) is 0 Å². The molecule has 0 amide bonds. The summed E-state index contributed by atoms with van der Waals surface area (Å²) in [6, 6.07) is 0. The Balaban J connectivity index is 0. The van der Waals surface area contributed by atoms with Gasteiger partial charge in [0.1, 0.15) is 0 Å². The van der Waals surface area contributed by atoms with Crippen molar-refractivity contribution in [1.82, 2.24) is 0 Å². The molecule has 0 bridgehead atoms. The summed E-state index contributed by atoms with van der Waals surface area (Å²) >= 11 is 3.94. The van der Waals surface area contributed by atoms with E-state index in [0.29, 0.717) is 0 Å². The summed E-state index contributed by atoms with van der Waals surface area (Å²) in [6.45, 7) is -2.23. The molecule has 0 aromatic heterocycles. The predicted octanol–water partition coefficient (Wildman–Crippen LogP) is 2.97. The van der Waals surface area contributed by atoms with Crippen LogP contribution in [0.25, 0.3) is 0 Å². The molecule has 0 saturated carbocycles. The van der Waals surface area contributed by atoms with Gasteiger partial charge in [0.15, 0.2) is 6.67 Å². The van der Waals surface area contributed by atoms with Gasteiger partial charge in [-0.15, -0.1) is 0 Å². The number of hydrogen-bond acceptors (Lipinski definition) is 0. The maximum atomic E-state index is 10.4. The van der Waals surface area contributed by atoms with Crippen molar-refractivity contribution in [1.29, 1.82) is 0 Å². The fourth-order valence-electron chi connectivity index (χ4n) is 0. The highest BCUT2D eigenvalue weighted by Crippen LogP contribution is 2.13. The first-order valence-corrected chi connectivity index (χ1v) is 2.28. The number of alkyl halides is 7. The van der Waals surface area contributed by atoms with E-state index >= 15 is 0 Å². The molecule has 0 atom stereocenters. The molecule has 0 unspecified atom stereocenters. The largest absolute Gasteiger partial charge is 0.416 e.